The first-order valence-corrected chi connectivity index (χ1v) is 6.99. The zero-order valence-electron chi connectivity index (χ0n) is 11.1. The van der Waals surface area contributed by atoms with E-state index in [0.29, 0.717) is 0 Å². The van der Waals surface area contributed by atoms with E-state index in [1.54, 1.807) is 11.3 Å². The van der Waals surface area contributed by atoms with Gasteiger partial charge in [0, 0.05) is 10.9 Å². The first-order chi connectivity index (χ1) is 9.15. The van der Waals surface area contributed by atoms with E-state index in [0.717, 1.165) is 33.3 Å². The predicted molar refractivity (Wildman–Crippen MR) is 77.3 cm³/mol. The van der Waals surface area contributed by atoms with Crippen molar-refractivity contribution in [2.24, 2.45) is 0 Å². The highest BCUT2D eigenvalue weighted by Gasteiger charge is 2.15. The van der Waals surface area contributed by atoms with Gasteiger partial charge in [0.25, 0.3) is 0 Å². The summed E-state index contributed by atoms with van der Waals surface area (Å²) in [7, 11) is 0. The first-order valence-electron chi connectivity index (χ1n) is 6.11. The highest BCUT2D eigenvalue weighted by atomic mass is 32.1. The van der Waals surface area contributed by atoms with Crippen LogP contribution < -0.4 is 0 Å². The van der Waals surface area contributed by atoms with Crippen LogP contribution in [0.2, 0.25) is 0 Å². The Morgan fingerprint density at radius 1 is 1.05 bits per heavy atom. The molecule has 0 fully saturated rings. The van der Waals surface area contributed by atoms with Crippen LogP contribution in [0.5, 0.6) is 0 Å². The molecule has 3 nitrogen and oxygen atoms in total. The molecule has 0 bridgehead atoms. The first kappa shape index (κ1) is 12.1. The lowest BCUT2D eigenvalue weighted by Crippen LogP contribution is -1.83. The lowest BCUT2D eigenvalue weighted by atomic mass is 10.1. The van der Waals surface area contributed by atoms with Crippen molar-refractivity contribution in [2.75, 3.05) is 0 Å². The van der Waals surface area contributed by atoms with Gasteiger partial charge in [-0.25, -0.2) is 4.98 Å². The second-order valence-corrected chi connectivity index (χ2v) is 5.46. The van der Waals surface area contributed by atoms with E-state index in [-0.39, 0.29) is 0 Å². The van der Waals surface area contributed by atoms with Crippen molar-refractivity contribution in [3.8, 4) is 21.8 Å². The lowest BCUT2D eigenvalue weighted by molar-refractivity contribution is 0.393. The molecule has 4 heteroatoms. The maximum atomic E-state index is 5.20. The highest BCUT2D eigenvalue weighted by molar-refractivity contribution is 7.13. The summed E-state index contributed by atoms with van der Waals surface area (Å²) in [6.45, 7) is 5.94. The normalized spacial score (nSPS) is 10.9. The van der Waals surface area contributed by atoms with E-state index in [1.807, 2.05) is 13.8 Å². The van der Waals surface area contributed by atoms with Gasteiger partial charge in [0.15, 0.2) is 0 Å². The minimum absolute atomic E-state index is 0.818. The van der Waals surface area contributed by atoms with E-state index in [1.165, 1.54) is 5.56 Å². The molecule has 3 rings (SSSR count). The number of hydrogen-bond acceptors (Lipinski definition) is 4. The Morgan fingerprint density at radius 2 is 1.79 bits per heavy atom. The Labute approximate surface area is 115 Å². The molecule has 1 aromatic carbocycles. The highest BCUT2D eigenvalue weighted by Crippen LogP contribution is 2.32. The molecule has 0 aliphatic carbocycles. The van der Waals surface area contributed by atoms with Crippen molar-refractivity contribution < 1.29 is 4.52 Å². The molecule has 0 amide bonds. The number of rotatable bonds is 2. The molecule has 0 aliphatic heterocycles. The summed E-state index contributed by atoms with van der Waals surface area (Å²) >= 11 is 1.64. The number of aromatic nitrogens is 2. The second-order valence-electron chi connectivity index (χ2n) is 4.60. The molecule has 0 spiro atoms. The van der Waals surface area contributed by atoms with Gasteiger partial charge in [0.1, 0.15) is 10.8 Å². The fourth-order valence-corrected chi connectivity index (χ4v) is 2.88. The molecule has 0 atom stereocenters. The Balaban J connectivity index is 2.02. The summed E-state index contributed by atoms with van der Waals surface area (Å²) in [5, 5.41) is 7.06. The maximum Gasteiger partial charge on any atom is 0.143 e. The van der Waals surface area contributed by atoms with Gasteiger partial charge >= 0.3 is 0 Å². The van der Waals surface area contributed by atoms with Gasteiger partial charge < -0.3 is 4.52 Å². The third kappa shape index (κ3) is 2.19. The second kappa shape index (κ2) is 4.63. The zero-order valence-corrected chi connectivity index (χ0v) is 11.9. The van der Waals surface area contributed by atoms with Crippen molar-refractivity contribution in [1.82, 2.24) is 10.1 Å². The van der Waals surface area contributed by atoms with E-state index in [4.69, 9.17) is 9.51 Å². The number of nitrogens with zero attached hydrogens (tertiary/aromatic N) is 2. The van der Waals surface area contributed by atoms with Gasteiger partial charge in [-0.2, -0.15) is 0 Å². The standard InChI is InChI=1S/C15H14N2OS/c1-9-4-6-12(7-5-9)15-16-13(8-19-15)14-10(2)17-18-11(14)3/h4-8H,1-3H3. The quantitative estimate of drug-likeness (QED) is 0.693. The van der Waals surface area contributed by atoms with Crippen molar-refractivity contribution >= 4 is 11.3 Å². The topological polar surface area (TPSA) is 38.9 Å². The Hall–Kier alpha value is -1.94. The minimum atomic E-state index is 0.818. The van der Waals surface area contributed by atoms with Crippen LogP contribution in [-0.2, 0) is 0 Å². The van der Waals surface area contributed by atoms with E-state index >= 15 is 0 Å². The van der Waals surface area contributed by atoms with E-state index in [2.05, 4.69) is 41.7 Å². The average molecular weight is 270 g/mol. The van der Waals surface area contributed by atoms with Gasteiger partial charge in [-0.3, -0.25) is 0 Å². The number of benzene rings is 1. The summed E-state index contributed by atoms with van der Waals surface area (Å²) in [5.41, 5.74) is 5.24. The molecule has 3 aromatic rings. The molecule has 0 aliphatic rings. The van der Waals surface area contributed by atoms with Crippen LogP contribution in [0.25, 0.3) is 21.8 Å². The van der Waals surface area contributed by atoms with Crippen molar-refractivity contribution in [1.29, 1.82) is 0 Å². The molecular formula is C15H14N2OS. The fourth-order valence-electron chi connectivity index (χ4n) is 2.07. The van der Waals surface area contributed by atoms with Gasteiger partial charge in [0.05, 0.1) is 17.0 Å². The third-order valence-electron chi connectivity index (χ3n) is 3.09. The van der Waals surface area contributed by atoms with Crippen molar-refractivity contribution in [2.45, 2.75) is 20.8 Å². The van der Waals surface area contributed by atoms with Crippen LogP contribution in [0.1, 0.15) is 17.0 Å². The molecule has 0 N–H and O–H groups in total. The molecule has 19 heavy (non-hydrogen) atoms. The van der Waals surface area contributed by atoms with E-state index in [9.17, 15) is 0 Å². The minimum Gasteiger partial charge on any atom is -0.361 e. The number of hydrogen-bond donors (Lipinski definition) is 0. The Morgan fingerprint density at radius 3 is 2.42 bits per heavy atom. The summed E-state index contributed by atoms with van der Waals surface area (Å²) in [6, 6.07) is 8.41. The molecule has 0 unspecified atom stereocenters. The van der Waals surface area contributed by atoms with Gasteiger partial charge in [-0.15, -0.1) is 11.3 Å². The lowest BCUT2D eigenvalue weighted by Gasteiger charge is -1.97. The number of thiazole rings is 1. The van der Waals surface area contributed by atoms with E-state index < -0.39 is 0 Å². The van der Waals surface area contributed by atoms with Crippen LogP contribution in [0, 0.1) is 20.8 Å². The van der Waals surface area contributed by atoms with Crippen molar-refractivity contribution in [3.05, 3.63) is 46.7 Å². The third-order valence-corrected chi connectivity index (χ3v) is 3.98. The largest absolute Gasteiger partial charge is 0.361 e. The van der Waals surface area contributed by atoms with Gasteiger partial charge in [0.2, 0.25) is 0 Å². The summed E-state index contributed by atoms with van der Waals surface area (Å²) in [6.07, 6.45) is 0. The summed E-state index contributed by atoms with van der Waals surface area (Å²) < 4.78 is 5.20. The molecule has 2 aromatic heterocycles. The monoisotopic (exact) mass is 270 g/mol. The van der Waals surface area contributed by atoms with Gasteiger partial charge in [-0.05, 0) is 20.8 Å². The summed E-state index contributed by atoms with van der Waals surface area (Å²) in [5.74, 6) is 0.818. The predicted octanol–water partition coefficient (Wildman–Crippen LogP) is 4.39. The van der Waals surface area contributed by atoms with Crippen LogP contribution in [0.3, 0.4) is 0 Å². The van der Waals surface area contributed by atoms with Gasteiger partial charge in [-0.1, -0.05) is 35.0 Å². The Kier molecular flexibility index (Phi) is 2.95. The molecule has 0 radical (unpaired) electrons. The van der Waals surface area contributed by atoms with Crippen LogP contribution in [0.4, 0.5) is 0 Å². The number of aryl methyl sites for hydroxylation is 3. The van der Waals surface area contributed by atoms with Crippen LogP contribution >= 0.6 is 11.3 Å². The molecular weight excluding hydrogens is 256 g/mol. The molecule has 0 saturated heterocycles. The average Bonchev–Trinajstić information content (AvgIpc) is 2.98. The molecule has 96 valence electrons. The Bertz CT molecular complexity index is 691. The molecule has 2 heterocycles. The summed E-state index contributed by atoms with van der Waals surface area (Å²) in [4.78, 5) is 4.69. The van der Waals surface area contributed by atoms with Crippen molar-refractivity contribution in [3.63, 3.8) is 0 Å². The SMILES string of the molecule is Cc1ccc(-c2nc(-c3c(C)noc3C)cs2)cc1. The van der Waals surface area contributed by atoms with Crippen LogP contribution in [0.15, 0.2) is 34.2 Å². The fraction of sp³-hybridized carbons (Fsp3) is 0.200. The smallest absolute Gasteiger partial charge is 0.143 e. The zero-order chi connectivity index (χ0) is 13.4. The maximum absolute atomic E-state index is 5.20. The molecule has 0 saturated carbocycles. The van der Waals surface area contributed by atoms with Crippen LogP contribution in [-0.4, -0.2) is 10.1 Å².